The van der Waals surface area contributed by atoms with Crippen molar-refractivity contribution in [3.05, 3.63) is 21.4 Å². The first kappa shape index (κ1) is 18.2. The van der Waals surface area contributed by atoms with E-state index in [9.17, 15) is 4.79 Å². The molecule has 0 radical (unpaired) electrons. The maximum Gasteiger partial charge on any atom is 0.263 e. The molecule has 0 aromatic carbocycles. The molecule has 2 saturated heterocycles. The molecule has 2 aliphatic heterocycles. The lowest BCUT2D eigenvalue weighted by Gasteiger charge is -2.20. The zero-order valence-corrected chi connectivity index (χ0v) is 16.0. The van der Waals surface area contributed by atoms with Gasteiger partial charge in [-0.05, 0) is 75.1 Å². The van der Waals surface area contributed by atoms with Crippen molar-refractivity contribution in [3.8, 4) is 0 Å². The lowest BCUT2D eigenvalue weighted by atomic mass is 9.92. The monoisotopic (exact) mass is 368 g/mol. The van der Waals surface area contributed by atoms with Crippen molar-refractivity contribution in [2.24, 2.45) is 11.8 Å². The molecule has 0 bridgehead atoms. The highest BCUT2D eigenvalue weighted by atomic mass is 35.5. The van der Waals surface area contributed by atoms with Crippen LogP contribution < -0.4 is 5.32 Å². The van der Waals surface area contributed by atoms with Crippen LogP contribution in [-0.2, 0) is 12.8 Å². The van der Waals surface area contributed by atoms with Crippen LogP contribution in [0, 0.1) is 11.8 Å². The second-order valence-electron chi connectivity index (χ2n) is 7.52. The summed E-state index contributed by atoms with van der Waals surface area (Å²) in [6.45, 7) is 4.20. The van der Waals surface area contributed by atoms with Crippen LogP contribution in [0.15, 0.2) is 6.07 Å². The Bertz CT molecular complexity index is 534. The molecule has 0 spiro atoms. The van der Waals surface area contributed by atoms with E-state index in [0.29, 0.717) is 5.91 Å². The molecule has 4 rings (SSSR count). The first-order valence-corrected chi connectivity index (χ1v) is 10.2. The molecule has 1 aromatic heterocycles. The first-order valence-electron chi connectivity index (χ1n) is 9.43. The van der Waals surface area contributed by atoms with E-state index in [2.05, 4.69) is 16.3 Å². The van der Waals surface area contributed by atoms with Gasteiger partial charge in [-0.15, -0.1) is 23.7 Å². The molecule has 24 heavy (non-hydrogen) atoms. The van der Waals surface area contributed by atoms with Crippen molar-refractivity contribution in [1.29, 1.82) is 0 Å². The van der Waals surface area contributed by atoms with Crippen molar-refractivity contribution < 1.29 is 4.79 Å². The number of thiophene rings is 1. The van der Waals surface area contributed by atoms with E-state index >= 15 is 0 Å². The van der Waals surface area contributed by atoms with Crippen LogP contribution in [0.3, 0.4) is 0 Å². The van der Waals surface area contributed by atoms with E-state index in [0.717, 1.165) is 42.9 Å². The Labute approximate surface area is 155 Å². The lowest BCUT2D eigenvalue weighted by molar-refractivity contribution is 0.0763. The van der Waals surface area contributed by atoms with Gasteiger partial charge in [-0.1, -0.05) is 12.8 Å². The fourth-order valence-electron chi connectivity index (χ4n) is 4.53. The van der Waals surface area contributed by atoms with E-state index in [1.807, 2.05) is 0 Å². The number of nitrogens with zero attached hydrogens (tertiary/aromatic N) is 1. The molecule has 1 aromatic rings. The number of aryl methyl sites for hydroxylation is 2. The maximum absolute atomic E-state index is 13.0. The zero-order valence-electron chi connectivity index (χ0n) is 14.4. The molecule has 5 heteroatoms. The fraction of sp³-hybridized carbons (Fsp3) is 0.737. The SMILES string of the molecule is Cl.O=C(c1cc2c(s1)CCCCCC2)N1CC[C@@H]2CNC[C@@H]2CC1. The molecular weight excluding hydrogens is 340 g/mol. The van der Waals surface area contributed by atoms with E-state index < -0.39 is 0 Å². The Balaban J connectivity index is 0.00000169. The van der Waals surface area contributed by atoms with Crippen LogP contribution in [0.4, 0.5) is 0 Å². The lowest BCUT2D eigenvalue weighted by Crippen LogP contribution is -2.32. The number of likely N-dealkylation sites (tertiary alicyclic amines) is 1. The second kappa shape index (κ2) is 8.20. The maximum atomic E-state index is 13.0. The number of carbonyl (C=O) groups excluding carboxylic acids is 1. The molecule has 0 saturated carbocycles. The van der Waals surface area contributed by atoms with Crippen LogP contribution in [0.2, 0.25) is 0 Å². The molecule has 1 aliphatic carbocycles. The van der Waals surface area contributed by atoms with Gasteiger partial charge in [0.25, 0.3) is 5.91 Å². The van der Waals surface area contributed by atoms with Gasteiger partial charge in [0.2, 0.25) is 0 Å². The van der Waals surface area contributed by atoms with Gasteiger partial charge in [-0.2, -0.15) is 0 Å². The predicted octanol–water partition coefficient (Wildman–Crippen LogP) is 3.90. The van der Waals surface area contributed by atoms with Gasteiger partial charge in [0.15, 0.2) is 0 Å². The summed E-state index contributed by atoms with van der Waals surface area (Å²) in [5.74, 6) is 1.88. The third-order valence-electron chi connectivity index (χ3n) is 6.01. The van der Waals surface area contributed by atoms with E-state index in [1.54, 1.807) is 11.3 Å². The summed E-state index contributed by atoms with van der Waals surface area (Å²) < 4.78 is 0. The first-order chi connectivity index (χ1) is 11.3. The van der Waals surface area contributed by atoms with E-state index in [4.69, 9.17) is 0 Å². The number of rotatable bonds is 1. The van der Waals surface area contributed by atoms with Crippen LogP contribution in [0.1, 0.15) is 58.6 Å². The van der Waals surface area contributed by atoms with Crippen molar-refractivity contribution in [2.45, 2.75) is 51.4 Å². The summed E-state index contributed by atoms with van der Waals surface area (Å²) in [6, 6.07) is 2.22. The molecule has 3 aliphatic rings. The minimum Gasteiger partial charge on any atom is -0.338 e. The summed E-state index contributed by atoms with van der Waals surface area (Å²) in [6.07, 6.45) is 9.99. The Morgan fingerprint density at radius 1 is 1.04 bits per heavy atom. The van der Waals surface area contributed by atoms with Gasteiger partial charge in [-0.25, -0.2) is 0 Å². The fourth-order valence-corrected chi connectivity index (χ4v) is 5.75. The summed E-state index contributed by atoms with van der Waals surface area (Å²) in [7, 11) is 0. The van der Waals surface area contributed by atoms with Crippen LogP contribution in [-0.4, -0.2) is 37.0 Å². The highest BCUT2D eigenvalue weighted by molar-refractivity contribution is 7.14. The summed E-state index contributed by atoms with van der Waals surface area (Å²) in [4.78, 5) is 17.6. The van der Waals surface area contributed by atoms with Crippen LogP contribution in [0.25, 0.3) is 0 Å². The van der Waals surface area contributed by atoms with Crippen molar-refractivity contribution in [3.63, 3.8) is 0 Å². The van der Waals surface area contributed by atoms with Crippen molar-refractivity contribution in [2.75, 3.05) is 26.2 Å². The van der Waals surface area contributed by atoms with Gasteiger partial charge in [0, 0.05) is 18.0 Å². The number of hydrogen-bond acceptors (Lipinski definition) is 3. The summed E-state index contributed by atoms with van der Waals surface area (Å²) in [5, 5.41) is 3.51. The molecule has 1 amide bonds. The molecular formula is C19H29ClN2OS. The minimum absolute atomic E-state index is 0. The molecule has 134 valence electrons. The second-order valence-corrected chi connectivity index (χ2v) is 8.66. The number of amides is 1. The van der Waals surface area contributed by atoms with E-state index in [-0.39, 0.29) is 12.4 Å². The Kier molecular flexibility index (Phi) is 6.22. The van der Waals surface area contributed by atoms with Gasteiger partial charge >= 0.3 is 0 Å². The molecule has 2 fully saturated rings. The molecule has 2 atom stereocenters. The number of halogens is 1. The van der Waals surface area contributed by atoms with Gasteiger partial charge in [-0.3, -0.25) is 4.79 Å². The summed E-state index contributed by atoms with van der Waals surface area (Å²) >= 11 is 1.78. The van der Waals surface area contributed by atoms with Crippen LogP contribution >= 0.6 is 23.7 Å². The number of fused-ring (bicyclic) bond motifs is 2. The highest BCUT2D eigenvalue weighted by Crippen LogP contribution is 2.31. The minimum atomic E-state index is 0. The Morgan fingerprint density at radius 3 is 2.42 bits per heavy atom. The van der Waals surface area contributed by atoms with Gasteiger partial charge < -0.3 is 10.2 Å². The number of carbonyl (C=O) groups is 1. The zero-order chi connectivity index (χ0) is 15.6. The molecule has 0 unspecified atom stereocenters. The van der Waals surface area contributed by atoms with Crippen LogP contribution in [0.5, 0.6) is 0 Å². The average molecular weight is 369 g/mol. The van der Waals surface area contributed by atoms with Gasteiger partial charge in [0.05, 0.1) is 4.88 Å². The van der Waals surface area contributed by atoms with E-state index in [1.165, 1.54) is 61.8 Å². The molecule has 1 N–H and O–H groups in total. The topological polar surface area (TPSA) is 32.3 Å². The predicted molar refractivity (Wildman–Crippen MR) is 102 cm³/mol. The normalized spacial score (nSPS) is 27.2. The highest BCUT2D eigenvalue weighted by Gasteiger charge is 2.32. The Hall–Kier alpha value is -0.580. The Morgan fingerprint density at radius 2 is 1.71 bits per heavy atom. The third-order valence-corrected chi connectivity index (χ3v) is 7.24. The van der Waals surface area contributed by atoms with Crippen molar-refractivity contribution >= 4 is 29.7 Å². The number of hydrogen-bond donors (Lipinski definition) is 1. The summed E-state index contributed by atoms with van der Waals surface area (Å²) in [5.41, 5.74) is 1.47. The standard InChI is InChI=1S/C19H28N2OS.ClH/c22-19(21-9-7-15-12-20-13-16(15)8-10-21)18-11-14-5-3-1-2-4-6-17(14)23-18;/h11,15-16,20H,1-10,12-13H2;1H/t15-,16+;. The number of nitrogens with one attached hydrogen (secondary N) is 1. The molecule has 3 nitrogen and oxygen atoms in total. The third kappa shape index (κ3) is 3.81. The largest absolute Gasteiger partial charge is 0.338 e. The van der Waals surface area contributed by atoms with Gasteiger partial charge in [0.1, 0.15) is 0 Å². The smallest absolute Gasteiger partial charge is 0.263 e. The average Bonchev–Trinajstić information content (AvgIpc) is 3.09. The van der Waals surface area contributed by atoms with Crippen molar-refractivity contribution in [1.82, 2.24) is 10.2 Å². The quantitative estimate of drug-likeness (QED) is 0.815. The molecule has 3 heterocycles.